The molecule has 1 N–H and O–H groups in total. The van der Waals surface area contributed by atoms with Crippen molar-refractivity contribution in [2.75, 3.05) is 0 Å². The van der Waals surface area contributed by atoms with Gasteiger partial charge in [-0.05, 0) is 36.8 Å². The van der Waals surface area contributed by atoms with Crippen molar-refractivity contribution in [3.63, 3.8) is 0 Å². The molecule has 3 rings (SSSR count). The third-order valence-electron chi connectivity index (χ3n) is 2.92. The van der Waals surface area contributed by atoms with E-state index >= 15 is 0 Å². The van der Waals surface area contributed by atoms with Gasteiger partial charge in [0.25, 0.3) is 0 Å². The predicted octanol–water partition coefficient (Wildman–Crippen LogP) is 3.97. The Kier molecular flexibility index (Phi) is 2.80. The molecule has 0 fully saturated rings. The normalized spacial score (nSPS) is 10.8. The zero-order chi connectivity index (χ0) is 13.4. The molecule has 0 aliphatic rings. The largest absolute Gasteiger partial charge is 0.478 e. The van der Waals surface area contributed by atoms with E-state index in [1.165, 1.54) is 5.56 Å². The van der Waals surface area contributed by atoms with E-state index < -0.39 is 5.97 Å². The number of aromatic nitrogens is 1. The van der Waals surface area contributed by atoms with Crippen LogP contribution in [0.1, 0.15) is 15.9 Å². The van der Waals surface area contributed by atoms with Gasteiger partial charge in [-0.15, -0.1) is 11.3 Å². The maximum atomic E-state index is 10.8. The van der Waals surface area contributed by atoms with Crippen LogP contribution in [0.3, 0.4) is 0 Å². The van der Waals surface area contributed by atoms with Crippen LogP contribution in [0.25, 0.3) is 20.8 Å². The fourth-order valence-corrected chi connectivity index (χ4v) is 2.87. The third kappa shape index (κ3) is 2.22. The summed E-state index contributed by atoms with van der Waals surface area (Å²) in [5, 5.41) is 9.79. The van der Waals surface area contributed by atoms with Gasteiger partial charge in [0.15, 0.2) is 0 Å². The van der Waals surface area contributed by atoms with E-state index in [1.54, 1.807) is 35.6 Å². The number of rotatable bonds is 2. The molecule has 0 radical (unpaired) electrons. The molecule has 2 aromatic carbocycles. The maximum Gasteiger partial charge on any atom is 0.335 e. The maximum absolute atomic E-state index is 10.8. The van der Waals surface area contributed by atoms with Crippen molar-refractivity contribution < 1.29 is 9.90 Å². The summed E-state index contributed by atoms with van der Waals surface area (Å²) in [6.45, 7) is 2.04. The molecule has 0 spiro atoms. The minimum atomic E-state index is -0.911. The van der Waals surface area contributed by atoms with Gasteiger partial charge in [-0.1, -0.05) is 18.2 Å². The molecule has 4 heteroatoms. The molecule has 94 valence electrons. The molecule has 3 aromatic rings. The molecule has 0 saturated carbocycles. The van der Waals surface area contributed by atoms with Crippen LogP contribution in [0.15, 0.2) is 42.5 Å². The number of aromatic carboxylic acids is 1. The summed E-state index contributed by atoms with van der Waals surface area (Å²) in [4.78, 5) is 15.4. The summed E-state index contributed by atoms with van der Waals surface area (Å²) in [6, 6.07) is 13.0. The number of benzene rings is 2. The highest BCUT2D eigenvalue weighted by atomic mass is 32.1. The van der Waals surface area contributed by atoms with E-state index in [2.05, 4.69) is 23.2 Å². The molecule has 0 saturated heterocycles. The number of carboxylic acid groups (broad SMARTS) is 1. The molecule has 3 nitrogen and oxygen atoms in total. The average molecular weight is 269 g/mol. The Labute approximate surface area is 114 Å². The number of hydrogen-bond acceptors (Lipinski definition) is 3. The zero-order valence-electron chi connectivity index (χ0n) is 10.3. The number of fused-ring (bicyclic) bond motifs is 1. The van der Waals surface area contributed by atoms with Crippen LogP contribution in [-0.4, -0.2) is 16.1 Å². The summed E-state index contributed by atoms with van der Waals surface area (Å²) >= 11 is 1.61. The number of hydrogen-bond donors (Lipinski definition) is 1. The molecule has 0 atom stereocenters. The lowest BCUT2D eigenvalue weighted by Gasteiger charge is -1.97. The second-order valence-corrected chi connectivity index (χ2v) is 5.40. The molecule has 0 aliphatic carbocycles. The van der Waals surface area contributed by atoms with E-state index in [9.17, 15) is 4.79 Å². The van der Waals surface area contributed by atoms with Crippen LogP contribution >= 0.6 is 11.3 Å². The lowest BCUT2D eigenvalue weighted by Crippen LogP contribution is -1.94. The van der Waals surface area contributed by atoms with Crippen LogP contribution in [0.2, 0.25) is 0 Å². The quantitative estimate of drug-likeness (QED) is 0.765. The van der Waals surface area contributed by atoms with Crippen molar-refractivity contribution in [2.24, 2.45) is 0 Å². The fraction of sp³-hybridized carbons (Fsp3) is 0.0667. The second-order valence-electron chi connectivity index (χ2n) is 4.37. The molecule has 0 amide bonds. The smallest absolute Gasteiger partial charge is 0.335 e. The first kappa shape index (κ1) is 11.9. The van der Waals surface area contributed by atoms with Gasteiger partial charge in [-0.3, -0.25) is 0 Å². The minimum Gasteiger partial charge on any atom is -0.478 e. The molecule has 0 bridgehead atoms. The highest BCUT2D eigenvalue weighted by molar-refractivity contribution is 7.21. The van der Waals surface area contributed by atoms with Crippen LogP contribution in [-0.2, 0) is 0 Å². The Bertz CT molecular complexity index is 759. The van der Waals surface area contributed by atoms with Crippen LogP contribution in [0.4, 0.5) is 0 Å². The molecular weight excluding hydrogens is 258 g/mol. The lowest BCUT2D eigenvalue weighted by atomic mass is 10.1. The van der Waals surface area contributed by atoms with Crippen molar-refractivity contribution in [1.82, 2.24) is 4.98 Å². The summed E-state index contributed by atoms with van der Waals surface area (Å²) in [5.74, 6) is -0.911. The number of nitrogens with zero attached hydrogens (tertiary/aromatic N) is 1. The Hall–Kier alpha value is -2.20. The van der Waals surface area contributed by atoms with E-state index in [1.807, 2.05) is 6.92 Å². The Morgan fingerprint density at radius 1 is 1.16 bits per heavy atom. The lowest BCUT2D eigenvalue weighted by molar-refractivity contribution is 0.0697. The minimum absolute atomic E-state index is 0.292. The van der Waals surface area contributed by atoms with E-state index in [4.69, 9.17) is 5.11 Å². The second kappa shape index (κ2) is 4.48. The van der Waals surface area contributed by atoms with Gasteiger partial charge < -0.3 is 5.11 Å². The number of carboxylic acids is 1. The molecule has 1 heterocycles. The number of thiazole rings is 1. The van der Waals surface area contributed by atoms with Crippen LogP contribution < -0.4 is 0 Å². The number of aryl methyl sites for hydroxylation is 1. The van der Waals surface area contributed by atoms with Crippen molar-refractivity contribution in [1.29, 1.82) is 0 Å². The van der Waals surface area contributed by atoms with Gasteiger partial charge in [0, 0.05) is 5.56 Å². The molecule has 0 unspecified atom stereocenters. The summed E-state index contributed by atoms with van der Waals surface area (Å²) in [6.07, 6.45) is 0. The standard InChI is InChI=1S/C15H11NO2S/c1-9-2-7-13-12(8-9)16-14(19-13)10-3-5-11(6-4-10)15(17)18/h2-8H,1H3,(H,17,18). The van der Waals surface area contributed by atoms with E-state index in [-0.39, 0.29) is 0 Å². The predicted molar refractivity (Wildman–Crippen MR) is 76.8 cm³/mol. The summed E-state index contributed by atoms with van der Waals surface area (Å²) in [7, 11) is 0. The van der Waals surface area contributed by atoms with Gasteiger partial charge in [-0.25, -0.2) is 9.78 Å². The monoisotopic (exact) mass is 269 g/mol. The zero-order valence-corrected chi connectivity index (χ0v) is 11.1. The highest BCUT2D eigenvalue weighted by Gasteiger charge is 2.08. The van der Waals surface area contributed by atoms with E-state index in [0.29, 0.717) is 5.56 Å². The molecule has 0 aliphatic heterocycles. The van der Waals surface area contributed by atoms with Gasteiger partial charge in [0.2, 0.25) is 0 Å². The fourth-order valence-electron chi connectivity index (χ4n) is 1.92. The van der Waals surface area contributed by atoms with Gasteiger partial charge in [0.1, 0.15) is 5.01 Å². The van der Waals surface area contributed by atoms with Crippen molar-refractivity contribution >= 4 is 27.5 Å². The Balaban J connectivity index is 2.06. The first-order valence-corrected chi connectivity index (χ1v) is 6.66. The van der Waals surface area contributed by atoms with Gasteiger partial charge >= 0.3 is 5.97 Å². The summed E-state index contributed by atoms with van der Waals surface area (Å²) < 4.78 is 1.14. The van der Waals surface area contributed by atoms with Crippen molar-refractivity contribution in [2.45, 2.75) is 6.92 Å². The van der Waals surface area contributed by atoms with Crippen LogP contribution in [0.5, 0.6) is 0 Å². The number of carbonyl (C=O) groups is 1. The average Bonchev–Trinajstić information content (AvgIpc) is 2.81. The van der Waals surface area contributed by atoms with Crippen molar-refractivity contribution in [3.8, 4) is 10.6 Å². The Morgan fingerprint density at radius 3 is 2.58 bits per heavy atom. The SMILES string of the molecule is Cc1ccc2sc(-c3ccc(C(=O)O)cc3)nc2c1. The van der Waals surface area contributed by atoms with Gasteiger partial charge in [0.05, 0.1) is 15.8 Å². The van der Waals surface area contributed by atoms with Gasteiger partial charge in [-0.2, -0.15) is 0 Å². The first-order chi connectivity index (χ1) is 9.13. The highest BCUT2D eigenvalue weighted by Crippen LogP contribution is 2.30. The van der Waals surface area contributed by atoms with Crippen molar-refractivity contribution in [3.05, 3.63) is 53.6 Å². The van der Waals surface area contributed by atoms with E-state index in [0.717, 1.165) is 20.8 Å². The topological polar surface area (TPSA) is 50.2 Å². The Morgan fingerprint density at radius 2 is 1.89 bits per heavy atom. The molecular formula is C15H11NO2S. The summed E-state index contributed by atoms with van der Waals surface area (Å²) in [5.41, 5.74) is 3.41. The van der Waals surface area contributed by atoms with Crippen LogP contribution in [0, 0.1) is 6.92 Å². The molecule has 1 aromatic heterocycles. The third-order valence-corrected chi connectivity index (χ3v) is 4.01. The first-order valence-electron chi connectivity index (χ1n) is 5.84. The molecule has 19 heavy (non-hydrogen) atoms.